The maximum Gasteiger partial charge on any atom is 0.573 e. The molecule has 2 N–H and O–H groups in total. The SMILES string of the molecule is O=C(NCCCC(CCCNC(=O)c1ccc(OC(F)(F)F)cc1)[N+](=O)[O-])c1ccccc1. The van der Waals surface area contributed by atoms with Crippen molar-refractivity contribution in [3.63, 3.8) is 0 Å². The summed E-state index contributed by atoms with van der Waals surface area (Å²) >= 11 is 0. The van der Waals surface area contributed by atoms with Crippen molar-refractivity contribution in [1.29, 1.82) is 0 Å². The van der Waals surface area contributed by atoms with Crippen LogP contribution < -0.4 is 15.4 Å². The summed E-state index contributed by atoms with van der Waals surface area (Å²) in [7, 11) is 0. The molecule has 11 heteroatoms. The van der Waals surface area contributed by atoms with Crippen molar-refractivity contribution in [3.05, 3.63) is 75.8 Å². The molecule has 0 saturated heterocycles. The van der Waals surface area contributed by atoms with Gasteiger partial charge in [0.25, 0.3) is 11.8 Å². The van der Waals surface area contributed by atoms with Gasteiger partial charge in [-0.3, -0.25) is 19.7 Å². The van der Waals surface area contributed by atoms with Crippen LogP contribution >= 0.6 is 0 Å². The molecule has 2 aromatic rings. The Hall–Kier alpha value is -3.63. The summed E-state index contributed by atoms with van der Waals surface area (Å²) in [6.45, 7) is 0.484. The number of alkyl halides is 3. The van der Waals surface area contributed by atoms with E-state index in [-0.39, 0.29) is 35.8 Å². The smallest absolute Gasteiger partial charge is 0.406 e. The van der Waals surface area contributed by atoms with Gasteiger partial charge in [0.1, 0.15) is 5.75 Å². The number of halogens is 3. The molecule has 8 nitrogen and oxygen atoms in total. The van der Waals surface area contributed by atoms with Crippen LogP contribution in [0.25, 0.3) is 0 Å². The molecule has 0 radical (unpaired) electrons. The van der Waals surface area contributed by atoms with Crippen molar-refractivity contribution in [2.45, 2.75) is 38.1 Å². The summed E-state index contributed by atoms with van der Waals surface area (Å²) in [6, 6.07) is 12.3. The van der Waals surface area contributed by atoms with Crippen molar-refractivity contribution in [2.24, 2.45) is 0 Å². The molecule has 33 heavy (non-hydrogen) atoms. The number of nitrogens with one attached hydrogen (secondary N) is 2. The molecule has 0 aliphatic heterocycles. The number of rotatable bonds is 12. The molecule has 0 aromatic heterocycles. The molecule has 0 aliphatic carbocycles. The van der Waals surface area contributed by atoms with Crippen molar-refractivity contribution >= 4 is 11.8 Å². The molecular weight excluding hydrogens is 443 g/mol. The van der Waals surface area contributed by atoms with Gasteiger partial charge in [-0.25, -0.2) is 0 Å². The van der Waals surface area contributed by atoms with Gasteiger partial charge in [0.05, 0.1) is 0 Å². The Bertz CT molecular complexity index is 921. The summed E-state index contributed by atoms with van der Waals surface area (Å²) in [6.07, 6.45) is -3.52. The monoisotopic (exact) mass is 467 g/mol. The zero-order valence-corrected chi connectivity index (χ0v) is 17.6. The van der Waals surface area contributed by atoms with E-state index in [0.29, 0.717) is 24.9 Å². The van der Waals surface area contributed by atoms with Crippen LogP contribution in [-0.2, 0) is 0 Å². The van der Waals surface area contributed by atoms with Crippen molar-refractivity contribution < 1.29 is 32.4 Å². The van der Waals surface area contributed by atoms with Crippen LogP contribution in [0.4, 0.5) is 13.2 Å². The highest BCUT2D eigenvalue weighted by Crippen LogP contribution is 2.22. The minimum atomic E-state index is -4.81. The minimum absolute atomic E-state index is 0.143. The van der Waals surface area contributed by atoms with Crippen LogP contribution in [0, 0.1) is 10.1 Å². The fourth-order valence-corrected chi connectivity index (χ4v) is 3.04. The first kappa shape index (κ1) is 25.6. The Labute approximate surface area is 188 Å². The predicted octanol–water partition coefficient (Wildman–Crippen LogP) is 3.95. The van der Waals surface area contributed by atoms with Crippen LogP contribution in [0.15, 0.2) is 54.6 Å². The van der Waals surface area contributed by atoms with Crippen molar-refractivity contribution in [1.82, 2.24) is 10.6 Å². The Morgan fingerprint density at radius 2 is 1.36 bits per heavy atom. The van der Waals surface area contributed by atoms with E-state index in [9.17, 15) is 32.9 Å². The van der Waals surface area contributed by atoms with Crippen LogP contribution in [0.1, 0.15) is 46.4 Å². The highest BCUT2D eigenvalue weighted by Gasteiger charge is 2.31. The Morgan fingerprint density at radius 3 is 1.82 bits per heavy atom. The second-order valence-corrected chi connectivity index (χ2v) is 7.17. The maximum atomic E-state index is 12.2. The van der Waals surface area contributed by atoms with E-state index in [2.05, 4.69) is 15.4 Å². The molecular formula is C22H24F3N3O5. The van der Waals surface area contributed by atoms with E-state index in [1.54, 1.807) is 30.3 Å². The lowest BCUT2D eigenvalue weighted by Gasteiger charge is -2.11. The highest BCUT2D eigenvalue weighted by atomic mass is 19.4. The predicted molar refractivity (Wildman–Crippen MR) is 113 cm³/mol. The first-order chi connectivity index (χ1) is 15.7. The lowest BCUT2D eigenvalue weighted by molar-refractivity contribution is -0.524. The second kappa shape index (κ2) is 12.4. The van der Waals surface area contributed by atoms with Gasteiger partial charge in [0.15, 0.2) is 0 Å². The van der Waals surface area contributed by atoms with Gasteiger partial charge in [-0.2, -0.15) is 0 Å². The molecule has 2 amide bonds. The molecule has 0 fully saturated rings. The average molecular weight is 467 g/mol. The summed E-state index contributed by atoms with van der Waals surface area (Å²) in [4.78, 5) is 34.9. The number of nitro groups is 1. The van der Waals surface area contributed by atoms with Gasteiger partial charge in [-0.05, 0) is 49.2 Å². The number of hydrogen-bond acceptors (Lipinski definition) is 5. The Morgan fingerprint density at radius 1 is 0.879 bits per heavy atom. The Kier molecular flexibility index (Phi) is 9.64. The number of hydrogen-bond donors (Lipinski definition) is 2. The van der Waals surface area contributed by atoms with Crippen LogP contribution in [0.5, 0.6) is 5.75 Å². The number of ether oxygens (including phenoxy) is 1. The summed E-state index contributed by atoms with van der Waals surface area (Å²) in [5, 5.41) is 16.6. The van der Waals surface area contributed by atoms with E-state index >= 15 is 0 Å². The van der Waals surface area contributed by atoms with E-state index in [0.717, 1.165) is 12.1 Å². The molecule has 0 bridgehead atoms. The normalized spacial score (nSPS) is 12.0. The number of nitrogens with zero attached hydrogens (tertiary/aromatic N) is 1. The molecule has 0 aliphatic rings. The van der Waals surface area contributed by atoms with Crippen LogP contribution in [0.2, 0.25) is 0 Å². The lowest BCUT2D eigenvalue weighted by atomic mass is 10.1. The highest BCUT2D eigenvalue weighted by molar-refractivity contribution is 5.94. The van der Waals surface area contributed by atoms with Gasteiger partial charge in [0, 0.05) is 42.0 Å². The third kappa shape index (κ3) is 9.58. The van der Waals surface area contributed by atoms with E-state index < -0.39 is 24.1 Å². The van der Waals surface area contributed by atoms with Gasteiger partial charge >= 0.3 is 6.36 Å². The number of amides is 2. The first-order valence-electron chi connectivity index (χ1n) is 10.3. The summed E-state index contributed by atoms with van der Waals surface area (Å²) in [5.41, 5.74) is 0.658. The topological polar surface area (TPSA) is 111 Å². The average Bonchev–Trinajstić information content (AvgIpc) is 2.77. The second-order valence-electron chi connectivity index (χ2n) is 7.17. The molecule has 1 unspecified atom stereocenters. The molecule has 178 valence electrons. The van der Waals surface area contributed by atoms with E-state index in [1.165, 1.54) is 12.1 Å². The van der Waals surface area contributed by atoms with E-state index in [4.69, 9.17) is 0 Å². The van der Waals surface area contributed by atoms with Crippen LogP contribution in [-0.4, -0.2) is 42.2 Å². The fourth-order valence-electron chi connectivity index (χ4n) is 3.04. The first-order valence-corrected chi connectivity index (χ1v) is 10.3. The quantitative estimate of drug-likeness (QED) is 0.279. The standard InChI is InChI=1S/C22H24F3N3O5/c23-22(24,25)33-19-12-10-17(11-13-19)21(30)27-15-5-9-18(28(31)32)8-4-14-26-20(29)16-6-2-1-3-7-16/h1-3,6-7,10-13,18H,4-5,8-9,14-15H2,(H,26,29)(H,27,30). The van der Waals surface area contributed by atoms with E-state index in [1.807, 2.05) is 0 Å². The maximum absolute atomic E-state index is 12.2. The van der Waals surface area contributed by atoms with Gasteiger partial charge in [-0.1, -0.05) is 18.2 Å². The van der Waals surface area contributed by atoms with Crippen molar-refractivity contribution in [3.8, 4) is 5.75 Å². The molecule has 2 rings (SSSR count). The summed E-state index contributed by atoms with van der Waals surface area (Å²) in [5.74, 6) is -1.18. The lowest BCUT2D eigenvalue weighted by Crippen LogP contribution is -2.28. The number of carbonyl (C=O) groups excluding carboxylic acids is 2. The molecule has 0 saturated carbocycles. The van der Waals surface area contributed by atoms with Gasteiger partial charge in [0.2, 0.25) is 6.04 Å². The molecule has 0 heterocycles. The largest absolute Gasteiger partial charge is 0.573 e. The summed E-state index contributed by atoms with van der Waals surface area (Å²) < 4.78 is 40.2. The zero-order chi connectivity index (χ0) is 24.3. The third-order valence-electron chi connectivity index (χ3n) is 4.68. The van der Waals surface area contributed by atoms with Gasteiger partial charge in [-0.15, -0.1) is 13.2 Å². The van der Waals surface area contributed by atoms with Crippen molar-refractivity contribution in [2.75, 3.05) is 13.1 Å². The van der Waals surface area contributed by atoms with Crippen LogP contribution in [0.3, 0.4) is 0 Å². The Balaban J connectivity index is 1.67. The number of benzene rings is 2. The number of carbonyl (C=O) groups is 2. The minimum Gasteiger partial charge on any atom is -0.406 e. The van der Waals surface area contributed by atoms with Gasteiger partial charge < -0.3 is 15.4 Å². The molecule has 1 atom stereocenters. The zero-order valence-electron chi connectivity index (χ0n) is 17.6. The molecule has 0 spiro atoms. The molecule has 2 aromatic carbocycles. The third-order valence-corrected chi connectivity index (χ3v) is 4.68. The fraction of sp³-hybridized carbons (Fsp3) is 0.364.